The van der Waals surface area contributed by atoms with Gasteiger partial charge in [0.15, 0.2) is 0 Å². The number of aryl methyl sites for hydroxylation is 1. The van der Waals surface area contributed by atoms with Crippen LogP contribution in [-0.2, 0) is 6.42 Å². The van der Waals surface area contributed by atoms with Crippen LogP contribution < -0.4 is 5.73 Å². The lowest BCUT2D eigenvalue weighted by molar-refractivity contribution is 0.831. The minimum Gasteiger partial charge on any atom is -0.330 e. The number of halogens is 2. The Labute approximate surface area is 110 Å². The fourth-order valence-electron chi connectivity index (χ4n) is 1.59. The third-order valence-corrected chi connectivity index (χ3v) is 3.16. The molecule has 2 rings (SSSR count). The van der Waals surface area contributed by atoms with Crippen LogP contribution in [0.3, 0.4) is 0 Å². The Morgan fingerprint density at radius 2 is 1.88 bits per heavy atom. The van der Waals surface area contributed by atoms with Crippen molar-refractivity contribution in [3.63, 3.8) is 0 Å². The van der Waals surface area contributed by atoms with E-state index in [0.717, 1.165) is 24.1 Å². The SMILES string of the molecule is NCCCc1cnn(-c2ccc(Cl)cc2)c1Cl. The second-order valence-corrected chi connectivity index (χ2v) is 4.54. The number of aromatic nitrogens is 2. The van der Waals surface area contributed by atoms with Gasteiger partial charge in [0.2, 0.25) is 0 Å². The van der Waals surface area contributed by atoms with Crippen LogP contribution >= 0.6 is 23.2 Å². The Morgan fingerprint density at radius 1 is 1.18 bits per heavy atom. The molecule has 0 spiro atoms. The topological polar surface area (TPSA) is 43.8 Å². The summed E-state index contributed by atoms with van der Waals surface area (Å²) in [7, 11) is 0. The minimum atomic E-state index is 0.640. The number of hydrogen-bond acceptors (Lipinski definition) is 2. The Kier molecular flexibility index (Phi) is 4.05. The molecule has 1 aromatic heterocycles. The van der Waals surface area contributed by atoms with Crippen LogP contribution in [0, 0.1) is 0 Å². The predicted molar refractivity (Wildman–Crippen MR) is 71.0 cm³/mol. The molecular formula is C12H13Cl2N3. The molecule has 0 radical (unpaired) electrons. The molecule has 0 aliphatic heterocycles. The highest BCUT2D eigenvalue weighted by molar-refractivity contribution is 6.31. The predicted octanol–water partition coefficient (Wildman–Crippen LogP) is 3.07. The van der Waals surface area contributed by atoms with Gasteiger partial charge < -0.3 is 5.73 Å². The van der Waals surface area contributed by atoms with Gasteiger partial charge in [0.05, 0.1) is 11.9 Å². The number of rotatable bonds is 4. The van der Waals surface area contributed by atoms with E-state index in [-0.39, 0.29) is 0 Å². The molecule has 90 valence electrons. The third-order valence-electron chi connectivity index (χ3n) is 2.50. The summed E-state index contributed by atoms with van der Waals surface area (Å²) in [6, 6.07) is 7.39. The van der Waals surface area contributed by atoms with E-state index in [1.807, 2.05) is 24.3 Å². The van der Waals surface area contributed by atoms with Crippen molar-refractivity contribution < 1.29 is 0 Å². The van der Waals surface area contributed by atoms with E-state index in [0.29, 0.717) is 16.7 Å². The molecule has 1 aromatic carbocycles. The molecule has 3 nitrogen and oxygen atoms in total. The molecule has 0 amide bonds. The van der Waals surface area contributed by atoms with Gasteiger partial charge in [-0.25, -0.2) is 4.68 Å². The summed E-state index contributed by atoms with van der Waals surface area (Å²) in [5.74, 6) is 0. The number of nitrogens with two attached hydrogens (primary N) is 1. The van der Waals surface area contributed by atoms with Gasteiger partial charge in [-0.15, -0.1) is 0 Å². The fraction of sp³-hybridized carbons (Fsp3) is 0.250. The monoisotopic (exact) mass is 269 g/mol. The first kappa shape index (κ1) is 12.4. The summed E-state index contributed by atoms with van der Waals surface area (Å²) in [5, 5.41) is 5.60. The van der Waals surface area contributed by atoms with E-state index < -0.39 is 0 Å². The molecule has 0 aliphatic rings. The second kappa shape index (κ2) is 5.54. The Bertz CT molecular complexity index is 491. The quantitative estimate of drug-likeness (QED) is 0.927. The minimum absolute atomic E-state index is 0.640. The maximum Gasteiger partial charge on any atom is 0.136 e. The number of nitrogens with zero attached hydrogens (tertiary/aromatic N) is 2. The van der Waals surface area contributed by atoms with Crippen LogP contribution in [-0.4, -0.2) is 16.3 Å². The zero-order chi connectivity index (χ0) is 12.3. The van der Waals surface area contributed by atoms with Crippen molar-refractivity contribution >= 4 is 23.2 Å². The smallest absolute Gasteiger partial charge is 0.136 e. The average Bonchev–Trinajstić information content (AvgIpc) is 2.69. The van der Waals surface area contributed by atoms with Crippen molar-refractivity contribution in [3.05, 3.63) is 46.2 Å². The van der Waals surface area contributed by atoms with Crippen molar-refractivity contribution in [1.29, 1.82) is 0 Å². The van der Waals surface area contributed by atoms with Gasteiger partial charge in [-0.05, 0) is 43.7 Å². The summed E-state index contributed by atoms with van der Waals surface area (Å²) >= 11 is 12.1. The molecule has 0 saturated heterocycles. The summed E-state index contributed by atoms with van der Waals surface area (Å²) in [5.41, 5.74) is 7.40. The second-order valence-electron chi connectivity index (χ2n) is 3.74. The lowest BCUT2D eigenvalue weighted by Gasteiger charge is -2.03. The molecule has 0 aliphatic carbocycles. The molecule has 0 saturated carbocycles. The first-order valence-corrected chi connectivity index (χ1v) is 6.16. The molecule has 0 bridgehead atoms. The van der Waals surface area contributed by atoms with Crippen molar-refractivity contribution in [2.75, 3.05) is 6.54 Å². The molecule has 2 aromatic rings. The van der Waals surface area contributed by atoms with E-state index in [9.17, 15) is 0 Å². The molecule has 17 heavy (non-hydrogen) atoms. The largest absolute Gasteiger partial charge is 0.330 e. The fourth-order valence-corrected chi connectivity index (χ4v) is 2.00. The van der Waals surface area contributed by atoms with Crippen molar-refractivity contribution in [2.24, 2.45) is 5.73 Å². The molecule has 0 atom stereocenters. The standard InChI is InChI=1S/C12H13Cl2N3/c13-10-3-5-11(6-4-10)17-12(14)9(8-16-17)2-1-7-15/h3-6,8H,1-2,7,15H2. The van der Waals surface area contributed by atoms with Gasteiger partial charge in [0, 0.05) is 10.6 Å². The van der Waals surface area contributed by atoms with E-state index in [1.165, 1.54) is 0 Å². The van der Waals surface area contributed by atoms with E-state index in [4.69, 9.17) is 28.9 Å². The Hall–Kier alpha value is -1.03. The normalized spacial score (nSPS) is 10.8. The van der Waals surface area contributed by atoms with Crippen LogP contribution in [0.25, 0.3) is 5.69 Å². The van der Waals surface area contributed by atoms with Crippen molar-refractivity contribution in [1.82, 2.24) is 9.78 Å². The highest BCUT2D eigenvalue weighted by atomic mass is 35.5. The summed E-state index contributed by atoms with van der Waals surface area (Å²) in [6.45, 7) is 0.655. The van der Waals surface area contributed by atoms with Crippen LogP contribution in [0.2, 0.25) is 10.2 Å². The molecule has 0 unspecified atom stereocenters. The van der Waals surface area contributed by atoms with E-state index >= 15 is 0 Å². The average molecular weight is 270 g/mol. The van der Waals surface area contributed by atoms with Gasteiger partial charge in [0.25, 0.3) is 0 Å². The molecule has 1 heterocycles. The van der Waals surface area contributed by atoms with Crippen molar-refractivity contribution in [2.45, 2.75) is 12.8 Å². The van der Waals surface area contributed by atoms with Gasteiger partial charge >= 0.3 is 0 Å². The van der Waals surface area contributed by atoms with Crippen LogP contribution in [0.1, 0.15) is 12.0 Å². The summed E-state index contributed by atoms with van der Waals surface area (Å²) in [4.78, 5) is 0. The lowest BCUT2D eigenvalue weighted by Crippen LogP contribution is -2.00. The highest BCUT2D eigenvalue weighted by Crippen LogP contribution is 2.22. The maximum absolute atomic E-state index is 6.26. The van der Waals surface area contributed by atoms with Gasteiger partial charge in [-0.1, -0.05) is 23.2 Å². The van der Waals surface area contributed by atoms with E-state index in [2.05, 4.69) is 5.10 Å². The maximum atomic E-state index is 6.26. The molecule has 2 N–H and O–H groups in total. The van der Waals surface area contributed by atoms with Crippen molar-refractivity contribution in [3.8, 4) is 5.69 Å². The first-order valence-electron chi connectivity index (χ1n) is 5.41. The first-order chi connectivity index (χ1) is 8.22. The number of benzene rings is 1. The zero-order valence-electron chi connectivity index (χ0n) is 9.24. The van der Waals surface area contributed by atoms with Gasteiger partial charge in [-0.3, -0.25) is 0 Å². The summed E-state index contributed by atoms with van der Waals surface area (Å²) < 4.78 is 1.70. The summed E-state index contributed by atoms with van der Waals surface area (Å²) in [6.07, 6.45) is 3.54. The lowest BCUT2D eigenvalue weighted by atomic mass is 10.2. The Balaban J connectivity index is 2.27. The molecule has 0 fully saturated rings. The van der Waals surface area contributed by atoms with Crippen LogP contribution in [0.15, 0.2) is 30.5 Å². The third kappa shape index (κ3) is 2.80. The molecule has 5 heteroatoms. The highest BCUT2D eigenvalue weighted by Gasteiger charge is 2.09. The van der Waals surface area contributed by atoms with E-state index in [1.54, 1.807) is 10.9 Å². The molecular weight excluding hydrogens is 257 g/mol. The zero-order valence-corrected chi connectivity index (χ0v) is 10.7. The number of hydrogen-bond donors (Lipinski definition) is 1. The van der Waals surface area contributed by atoms with Crippen LogP contribution in [0.4, 0.5) is 0 Å². The van der Waals surface area contributed by atoms with Gasteiger partial charge in [-0.2, -0.15) is 5.10 Å². The van der Waals surface area contributed by atoms with Gasteiger partial charge in [0.1, 0.15) is 5.15 Å². The van der Waals surface area contributed by atoms with Crippen LogP contribution in [0.5, 0.6) is 0 Å². The Morgan fingerprint density at radius 3 is 2.53 bits per heavy atom.